The van der Waals surface area contributed by atoms with Gasteiger partial charge in [-0.1, -0.05) is 51.0 Å². The normalized spacial score (nSPS) is 12.6. The van der Waals surface area contributed by atoms with Gasteiger partial charge in [-0.3, -0.25) is 0 Å². The Kier molecular flexibility index (Phi) is 6.95. The zero-order valence-corrected chi connectivity index (χ0v) is 11.6. The summed E-state index contributed by atoms with van der Waals surface area (Å²) in [6, 6.07) is 9.39. The highest BCUT2D eigenvalue weighted by Crippen LogP contribution is 2.08. The highest BCUT2D eigenvalue weighted by molar-refractivity contribution is 5.25. The topological polar surface area (TPSA) is 12.0 Å². The van der Waals surface area contributed by atoms with E-state index in [0.29, 0.717) is 6.04 Å². The van der Waals surface area contributed by atoms with Gasteiger partial charge in [0.15, 0.2) is 0 Å². The predicted octanol–water partition coefficient (Wildman–Crippen LogP) is 4.10. The quantitative estimate of drug-likeness (QED) is 0.713. The molecule has 17 heavy (non-hydrogen) atoms. The summed E-state index contributed by atoms with van der Waals surface area (Å²) >= 11 is 0. The molecule has 1 N–H and O–H groups in total. The fourth-order valence-corrected chi connectivity index (χ4v) is 2.20. The second kappa shape index (κ2) is 8.30. The zero-order chi connectivity index (χ0) is 12.5. The van der Waals surface area contributed by atoms with Gasteiger partial charge in [0.05, 0.1) is 0 Å². The first-order valence-electron chi connectivity index (χ1n) is 7.05. The summed E-state index contributed by atoms with van der Waals surface area (Å²) in [7, 11) is 0. The van der Waals surface area contributed by atoms with Crippen LogP contribution in [0.3, 0.4) is 0 Å². The first-order valence-corrected chi connectivity index (χ1v) is 7.05. The van der Waals surface area contributed by atoms with Crippen LogP contribution < -0.4 is 5.32 Å². The molecule has 0 amide bonds. The molecule has 0 bridgehead atoms. The molecule has 0 saturated carbocycles. The lowest BCUT2D eigenvalue weighted by atomic mass is 10.0. The van der Waals surface area contributed by atoms with Gasteiger partial charge in [-0.15, -0.1) is 0 Å². The molecule has 0 aromatic heterocycles. The average Bonchev–Trinajstić information content (AvgIpc) is 2.35. The van der Waals surface area contributed by atoms with E-state index in [1.807, 2.05) is 0 Å². The molecule has 0 spiro atoms. The fourth-order valence-electron chi connectivity index (χ4n) is 2.20. The lowest BCUT2D eigenvalue weighted by Gasteiger charge is -2.16. The molecule has 0 aliphatic heterocycles. The van der Waals surface area contributed by atoms with Crippen molar-refractivity contribution in [3.05, 3.63) is 35.4 Å². The van der Waals surface area contributed by atoms with Crippen LogP contribution in [0.15, 0.2) is 24.3 Å². The molecule has 0 aliphatic rings. The number of unbranched alkanes of at least 4 members (excludes halogenated alkanes) is 1. The number of aryl methyl sites for hydroxylation is 1. The SMILES string of the molecule is CCCCC(CC)NCCc1ccccc1C. The van der Waals surface area contributed by atoms with Gasteiger partial charge in [-0.2, -0.15) is 0 Å². The van der Waals surface area contributed by atoms with Gasteiger partial charge in [0, 0.05) is 6.04 Å². The van der Waals surface area contributed by atoms with Gasteiger partial charge >= 0.3 is 0 Å². The Morgan fingerprint density at radius 3 is 2.59 bits per heavy atom. The van der Waals surface area contributed by atoms with Gasteiger partial charge in [0.1, 0.15) is 0 Å². The maximum absolute atomic E-state index is 3.68. The highest BCUT2D eigenvalue weighted by Gasteiger charge is 2.04. The van der Waals surface area contributed by atoms with Crippen LogP contribution in [0.2, 0.25) is 0 Å². The minimum Gasteiger partial charge on any atom is -0.314 e. The first kappa shape index (κ1) is 14.2. The zero-order valence-electron chi connectivity index (χ0n) is 11.6. The number of hydrogen-bond donors (Lipinski definition) is 1. The number of hydrogen-bond acceptors (Lipinski definition) is 1. The Morgan fingerprint density at radius 1 is 1.18 bits per heavy atom. The monoisotopic (exact) mass is 233 g/mol. The maximum Gasteiger partial charge on any atom is 0.00645 e. The molecular formula is C16H27N. The van der Waals surface area contributed by atoms with Gasteiger partial charge < -0.3 is 5.32 Å². The predicted molar refractivity (Wildman–Crippen MR) is 76.5 cm³/mol. The minimum absolute atomic E-state index is 0.707. The Labute approximate surface area is 107 Å². The van der Waals surface area contributed by atoms with E-state index in [-0.39, 0.29) is 0 Å². The Bertz CT molecular complexity index is 306. The lowest BCUT2D eigenvalue weighted by Crippen LogP contribution is -2.30. The van der Waals surface area contributed by atoms with E-state index >= 15 is 0 Å². The summed E-state index contributed by atoms with van der Waals surface area (Å²) in [5.41, 5.74) is 2.89. The van der Waals surface area contributed by atoms with Crippen LogP contribution in [-0.2, 0) is 6.42 Å². The van der Waals surface area contributed by atoms with E-state index in [2.05, 4.69) is 50.4 Å². The van der Waals surface area contributed by atoms with E-state index in [0.717, 1.165) is 13.0 Å². The molecule has 1 unspecified atom stereocenters. The summed E-state index contributed by atoms with van der Waals surface area (Å²) in [4.78, 5) is 0. The van der Waals surface area contributed by atoms with Crippen LogP contribution in [0.5, 0.6) is 0 Å². The van der Waals surface area contributed by atoms with Crippen LogP contribution in [0.1, 0.15) is 50.7 Å². The third-order valence-corrected chi connectivity index (χ3v) is 3.49. The van der Waals surface area contributed by atoms with Crippen molar-refractivity contribution in [1.29, 1.82) is 0 Å². The Morgan fingerprint density at radius 2 is 1.94 bits per heavy atom. The van der Waals surface area contributed by atoms with Crippen LogP contribution in [-0.4, -0.2) is 12.6 Å². The van der Waals surface area contributed by atoms with Gasteiger partial charge in [-0.25, -0.2) is 0 Å². The standard InChI is InChI=1S/C16H27N/c1-4-6-11-16(5-2)17-13-12-15-10-8-7-9-14(15)3/h7-10,16-17H,4-6,11-13H2,1-3H3. The summed E-state index contributed by atoms with van der Waals surface area (Å²) < 4.78 is 0. The van der Waals surface area contributed by atoms with Crippen LogP contribution in [0.25, 0.3) is 0 Å². The molecule has 0 saturated heterocycles. The Balaban J connectivity index is 2.28. The van der Waals surface area contributed by atoms with Crippen LogP contribution in [0, 0.1) is 6.92 Å². The van der Waals surface area contributed by atoms with E-state index < -0.39 is 0 Å². The largest absolute Gasteiger partial charge is 0.314 e. The van der Waals surface area contributed by atoms with E-state index in [1.54, 1.807) is 0 Å². The van der Waals surface area contributed by atoms with Crippen molar-refractivity contribution in [2.75, 3.05) is 6.54 Å². The molecule has 1 aromatic rings. The fraction of sp³-hybridized carbons (Fsp3) is 0.625. The molecule has 0 aliphatic carbocycles. The lowest BCUT2D eigenvalue weighted by molar-refractivity contribution is 0.456. The van der Waals surface area contributed by atoms with Crippen molar-refractivity contribution in [3.63, 3.8) is 0 Å². The van der Waals surface area contributed by atoms with Crippen molar-refractivity contribution in [1.82, 2.24) is 5.32 Å². The average molecular weight is 233 g/mol. The molecule has 1 nitrogen and oxygen atoms in total. The van der Waals surface area contributed by atoms with E-state index in [1.165, 1.54) is 36.8 Å². The first-order chi connectivity index (χ1) is 8.27. The molecule has 0 fully saturated rings. The van der Waals surface area contributed by atoms with E-state index in [4.69, 9.17) is 0 Å². The van der Waals surface area contributed by atoms with Gasteiger partial charge in [-0.05, 0) is 43.9 Å². The summed E-state index contributed by atoms with van der Waals surface area (Å²) in [6.07, 6.45) is 6.36. The van der Waals surface area contributed by atoms with Crippen molar-refractivity contribution >= 4 is 0 Å². The summed E-state index contributed by atoms with van der Waals surface area (Å²) in [5, 5.41) is 3.68. The van der Waals surface area contributed by atoms with Crippen molar-refractivity contribution in [2.45, 2.75) is 58.9 Å². The third-order valence-electron chi connectivity index (χ3n) is 3.49. The number of benzene rings is 1. The molecule has 0 heterocycles. The molecule has 96 valence electrons. The molecule has 1 rings (SSSR count). The second-order valence-corrected chi connectivity index (χ2v) is 4.88. The molecule has 0 radical (unpaired) electrons. The second-order valence-electron chi connectivity index (χ2n) is 4.88. The molecule has 1 aromatic carbocycles. The van der Waals surface area contributed by atoms with Gasteiger partial charge in [0.2, 0.25) is 0 Å². The summed E-state index contributed by atoms with van der Waals surface area (Å²) in [5.74, 6) is 0. The summed E-state index contributed by atoms with van der Waals surface area (Å²) in [6.45, 7) is 7.85. The smallest absolute Gasteiger partial charge is 0.00645 e. The molecular weight excluding hydrogens is 206 g/mol. The number of rotatable bonds is 8. The third kappa shape index (κ3) is 5.36. The minimum atomic E-state index is 0.707. The van der Waals surface area contributed by atoms with Crippen molar-refractivity contribution in [2.24, 2.45) is 0 Å². The Hall–Kier alpha value is -0.820. The van der Waals surface area contributed by atoms with E-state index in [9.17, 15) is 0 Å². The molecule has 1 heteroatoms. The van der Waals surface area contributed by atoms with Crippen molar-refractivity contribution in [3.8, 4) is 0 Å². The van der Waals surface area contributed by atoms with Gasteiger partial charge in [0.25, 0.3) is 0 Å². The van der Waals surface area contributed by atoms with Crippen LogP contribution >= 0.6 is 0 Å². The molecule has 1 atom stereocenters. The van der Waals surface area contributed by atoms with Crippen molar-refractivity contribution < 1.29 is 0 Å². The maximum atomic E-state index is 3.68. The van der Waals surface area contributed by atoms with Crippen LogP contribution in [0.4, 0.5) is 0 Å². The highest BCUT2D eigenvalue weighted by atomic mass is 14.9. The number of nitrogens with one attached hydrogen (secondary N) is 1.